The summed E-state index contributed by atoms with van der Waals surface area (Å²) in [5.74, 6) is 0. The number of hydrogen-bond donors (Lipinski definition) is 0. The van der Waals surface area contributed by atoms with Gasteiger partial charge in [0.2, 0.25) is 0 Å². The molecule has 0 radical (unpaired) electrons. The van der Waals surface area contributed by atoms with Crippen LogP contribution < -0.4 is 0 Å². The third-order valence-electron chi connectivity index (χ3n) is 0.940. The fourth-order valence-electron chi connectivity index (χ4n) is 0.534. The van der Waals surface area contributed by atoms with Gasteiger partial charge >= 0.3 is 0 Å². The van der Waals surface area contributed by atoms with Gasteiger partial charge in [-0.2, -0.15) is 0 Å². The van der Waals surface area contributed by atoms with Crippen LogP contribution in [-0.4, -0.2) is 0 Å². The largest absolute Gasteiger partial charge is 0.103 e. The van der Waals surface area contributed by atoms with Gasteiger partial charge in [0.1, 0.15) is 0 Å². The lowest BCUT2D eigenvalue weighted by atomic mass is 10.2. The van der Waals surface area contributed by atoms with E-state index in [0.29, 0.717) is 0 Å². The molecule has 0 saturated carbocycles. The molecule has 0 aromatic heterocycles. The van der Waals surface area contributed by atoms with Crippen LogP contribution in [0, 0.1) is 6.92 Å². The van der Waals surface area contributed by atoms with E-state index in [1.807, 2.05) is 25.1 Å². The maximum atomic E-state index is 3.36. The van der Waals surface area contributed by atoms with Crippen molar-refractivity contribution in [2.45, 2.75) is 34.1 Å². The van der Waals surface area contributed by atoms with Crippen molar-refractivity contribution in [1.29, 1.82) is 0 Å². The molecule has 0 unspecified atom stereocenters. The van der Waals surface area contributed by atoms with Crippen LogP contribution >= 0.6 is 0 Å². The van der Waals surface area contributed by atoms with E-state index < -0.39 is 0 Å². The molecular formula is C13H22. The van der Waals surface area contributed by atoms with Crippen LogP contribution in [0.25, 0.3) is 0 Å². The Kier molecular flexibility index (Phi) is 15.1. The average Bonchev–Trinajstić information content (AvgIpc) is 2.08. The molecule has 0 aliphatic heterocycles. The molecule has 1 rings (SSSR count). The summed E-state index contributed by atoms with van der Waals surface area (Å²) in [4.78, 5) is 0. The lowest BCUT2D eigenvalue weighted by molar-refractivity contribution is 1.09. The number of rotatable bonds is 0. The third kappa shape index (κ3) is 18.2. The van der Waals surface area contributed by atoms with Gasteiger partial charge in [0.05, 0.1) is 0 Å². The molecule has 0 nitrogen and oxygen atoms in total. The summed E-state index contributed by atoms with van der Waals surface area (Å²) < 4.78 is 0. The Hall–Kier alpha value is -1.04. The number of allylic oxidation sites excluding steroid dienone is 1. The molecule has 1 aromatic carbocycles. The average molecular weight is 178 g/mol. The van der Waals surface area contributed by atoms with Crippen molar-refractivity contribution in [2.24, 2.45) is 0 Å². The first-order valence-corrected chi connectivity index (χ1v) is 4.81. The van der Waals surface area contributed by atoms with Crippen LogP contribution in [-0.2, 0) is 0 Å². The van der Waals surface area contributed by atoms with Crippen molar-refractivity contribution in [3.05, 3.63) is 48.6 Å². The van der Waals surface area contributed by atoms with Gasteiger partial charge in [-0.05, 0) is 13.8 Å². The van der Waals surface area contributed by atoms with Crippen LogP contribution in [0.3, 0.4) is 0 Å². The minimum atomic E-state index is 1.25. The van der Waals surface area contributed by atoms with E-state index in [4.69, 9.17) is 0 Å². The van der Waals surface area contributed by atoms with Gasteiger partial charge < -0.3 is 0 Å². The summed E-state index contributed by atoms with van der Waals surface area (Å²) in [7, 11) is 0. The number of aryl methyl sites for hydroxylation is 1. The normalized spacial score (nSPS) is 7.08. The van der Waals surface area contributed by atoms with Gasteiger partial charge in [-0.1, -0.05) is 62.2 Å². The zero-order chi connectivity index (χ0) is 10.5. The molecule has 0 amide bonds. The molecule has 0 bridgehead atoms. The Morgan fingerprint density at radius 2 is 1.46 bits per heavy atom. The summed E-state index contributed by atoms with van der Waals surface area (Å²) in [6, 6.07) is 10.3. The fraction of sp³-hybridized carbons (Fsp3) is 0.385. The first kappa shape index (κ1) is 14.5. The maximum Gasteiger partial charge on any atom is -0.0398 e. The van der Waals surface area contributed by atoms with Gasteiger partial charge in [0.25, 0.3) is 0 Å². The Morgan fingerprint density at radius 3 is 1.62 bits per heavy atom. The Balaban J connectivity index is 0. The van der Waals surface area contributed by atoms with Crippen molar-refractivity contribution < 1.29 is 0 Å². The van der Waals surface area contributed by atoms with Crippen molar-refractivity contribution in [3.63, 3.8) is 0 Å². The van der Waals surface area contributed by atoms with Crippen molar-refractivity contribution in [3.8, 4) is 0 Å². The van der Waals surface area contributed by atoms with Gasteiger partial charge in [-0.25, -0.2) is 0 Å². The monoisotopic (exact) mass is 178 g/mol. The second-order valence-corrected chi connectivity index (χ2v) is 2.77. The number of benzene rings is 1. The zero-order valence-electron chi connectivity index (χ0n) is 9.38. The van der Waals surface area contributed by atoms with E-state index in [-0.39, 0.29) is 0 Å². The standard InChI is InChI=1S/C7H8.C3H8.C3H6/c1-7-5-3-2-4-6-7;2*1-3-2/h2-6H,1H3;3H2,1-2H3;3H,1H2,2H3. The molecule has 0 aliphatic carbocycles. The van der Waals surface area contributed by atoms with E-state index in [9.17, 15) is 0 Å². The molecule has 13 heavy (non-hydrogen) atoms. The Bertz CT molecular complexity index is 174. The highest BCUT2D eigenvalue weighted by molar-refractivity contribution is 5.11. The van der Waals surface area contributed by atoms with Gasteiger partial charge in [-0.3, -0.25) is 0 Å². The Morgan fingerprint density at radius 1 is 1.15 bits per heavy atom. The third-order valence-corrected chi connectivity index (χ3v) is 0.940. The van der Waals surface area contributed by atoms with Crippen molar-refractivity contribution in [1.82, 2.24) is 0 Å². The second-order valence-electron chi connectivity index (χ2n) is 2.77. The van der Waals surface area contributed by atoms with E-state index in [1.165, 1.54) is 12.0 Å². The topological polar surface area (TPSA) is 0 Å². The molecule has 0 heteroatoms. The summed E-state index contributed by atoms with van der Waals surface area (Å²) in [6.45, 7) is 11.6. The van der Waals surface area contributed by atoms with Crippen LogP contribution in [0.1, 0.15) is 32.8 Å². The molecule has 0 atom stereocenters. The van der Waals surface area contributed by atoms with Gasteiger partial charge in [0.15, 0.2) is 0 Å². The molecule has 0 N–H and O–H groups in total. The molecule has 0 saturated heterocycles. The van der Waals surface area contributed by atoms with Crippen molar-refractivity contribution >= 4 is 0 Å². The zero-order valence-corrected chi connectivity index (χ0v) is 9.38. The lowest BCUT2D eigenvalue weighted by Crippen LogP contribution is -1.62. The first-order chi connectivity index (χ1) is 6.22. The highest BCUT2D eigenvalue weighted by Crippen LogP contribution is 1.92. The second kappa shape index (κ2) is 13.5. The van der Waals surface area contributed by atoms with E-state index >= 15 is 0 Å². The lowest BCUT2D eigenvalue weighted by Gasteiger charge is -1.82. The summed E-state index contributed by atoms with van der Waals surface area (Å²) in [5, 5.41) is 0. The van der Waals surface area contributed by atoms with E-state index in [2.05, 4.69) is 39.5 Å². The van der Waals surface area contributed by atoms with Crippen molar-refractivity contribution in [2.75, 3.05) is 0 Å². The van der Waals surface area contributed by atoms with Crippen LogP contribution in [0.2, 0.25) is 0 Å². The summed E-state index contributed by atoms with van der Waals surface area (Å²) in [5.41, 5.74) is 1.32. The molecule has 1 aromatic rings. The molecule has 0 fully saturated rings. The van der Waals surface area contributed by atoms with E-state index in [0.717, 1.165) is 0 Å². The molecule has 0 heterocycles. The predicted octanol–water partition coefficient (Wildman–Crippen LogP) is 4.60. The van der Waals surface area contributed by atoms with Gasteiger partial charge in [0, 0.05) is 0 Å². The minimum Gasteiger partial charge on any atom is -0.103 e. The number of hydrogen-bond acceptors (Lipinski definition) is 0. The molecular weight excluding hydrogens is 156 g/mol. The quantitative estimate of drug-likeness (QED) is 0.509. The molecule has 74 valence electrons. The SMILES string of the molecule is C=CC.CCC.Cc1ccccc1. The highest BCUT2D eigenvalue weighted by Gasteiger charge is 1.72. The van der Waals surface area contributed by atoms with Crippen LogP contribution in [0.4, 0.5) is 0 Å². The molecule has 0 spiro atoms. The van der Waals surface area contributed by atoms with Crippen LogP contribution in [0.15, 0.2) is 43.0 Å². The Labute approximate surface area is 83.3 Å². The summed E-state index contributed by atoms with van der Waals surface area (Å²) in [6.07, 6.45) is 3.00. The van der Waals surface area contributed by atoms with Crippen LogP contribution in [0.5, 0.6) is 0 Å². The van der Waals surface area contributed by atoms with Gasteiger partial charge in [-0.15, -0.1) is 6.58 Å². The fourth-order valence-corrected chi connectivity index (χ4v) is 0.534. The smallest absolute Gasteiger partial charge is 0.0398 e. The molecule has 0 aliphatic rings. The highest BCUT2D eigenvalue weighted by atomic mass is 13.8. The van der Waals surface area contributed by atoms with E-state index in [1.54, 1.807) is 6.08 Å². The maximum absolute atomic E-state index is 3.36. The summed E-state index contributed by atoms with van der Waals surface area (Å²) >= 11 is 0. The minimum absolute atomic E-state index is 1.25. The predicted molar refractivity (Wildman–Crippen MR) is 63.0 cm³/mol. The first-order valence-electron chi connectivity index (χ1n) is 4.81.